The highest BCUT2D eigenvalue weighted by Crippen LogP contribution is 2.21. The Kier molecular flexibility index (Phi) is 3.64. The molecule has 0 atom stereocenters. The lowest BCUT2D eigenvalue weighted by molar-refractivity contribution is 0.806. The highest BCUT2D eigenvalue weighted by Gasteiger charge is 2.15. The van der Waals surface area contributed by atoms with Crippen LogP contribution in [-0.2, 0) is 7.05 Å². The smallest absolute Gasteiger partial charge is 0.333 e. The number of allylic oxidation sites excluding steroid dienone is 1. The number of para-hydroxylation sites is 2. The second-order valence-electron chi connectivity index (χ2n) is 5.25. The molecule has 2 aromatic rings. The van der Waals surface area contributed by atoms with Crippen LogP contribution in [0.25, 0.3) is 16.7 Å². The number of benzene rings is 1. The lowest BCUT2D eigenvalue weighted by Crippen LogP contribution is -2.22. The zero-order chi connectivity index (χ0) is 14.8. The summed E-state index contributed by atoms with van der Waals surface area (Å²) in [5.74, 6) is 1.00. The van der Waals surface area contributed by atoms with Gasteiger partial charge in [-0.15, -0.1) is 0 Å². The number of aryl methyl sites for hydroxylation is 1. The number of aromatic nitrogens is 2. The number of nitrogens with one attached hydrogen (secondary N) is 1. The van der Waals surface area contributed by atoms with Crippen LogP contribution >= 0.6 is 0 Å². The Morgan fingerprint density at radius 3 is 2.76 bits per heavy atom. The van der Waals surface area contributed by atoms with Crippen molar-refractivity contribution >= 4 is 22.6 Å². The minimum Gasteiger partial charge on any atom is -0.374 e. The molecule has 0 spiro atoms. The first-order valence-corrected chi connectivity index (χ1v) is 7.38. The predicted octanol–water partition coefficient (Wildman–Crippen LogP) is 2.33. The van der Waals surface area contributed by atoms with E-state index >= 15 is 0 Å². The van der Waals surface area contributed by atoms with Gasteiger partial charge in [0.1, 0.15) is 5.84 Å². The van der Waals surface area contributed by atoms with Crippen molar-refractivity contribution in [1.82, 2.24) is 14.5 Å². The van der Waals surface area contributed by atoms with Gasteiger partial charge in [0.15, 0.2) is 0 Å². The van der Waals surface area contributed by atoms with Crippen LogP contribution in [0.5, 0.6) is 0 Å². The molecule has 1 aromatic heterocycles. The van der Waals surface area contributed by atoms with Crippen molar-refractivity contribution in [3.05, 3.63) is 40.9 Å². The lowest BCUT2D eigenvalue weighted by Gasteiger charge is -2.06. The average Bonchev–Trinajstić information content (AvgIpc) is 2.66. The molecule has 1 aliphatic rings. The molecule has 0 saturated heterocycles. The van der Waals surface area contributed by atoms with E-state index in [0.29, 0.717) is 0 Å². The van der Waals surface area contributed by atoms with Crippen molar-refractivity contribution < 1.29 is 0 Å². The summed E-state index contributed by atoms with van der Waals surface area (Å²) in [4.78, 5) is 17.0. The van der Waals surface area contributed by atoms with E-state index in [0.717, 1.165) is 48.4 Å². The molecule has 5 nitrogen and oxygen atoms in total. The summed E-state index contributed by atoms with van der Waals surface area (Å²) in [6.45, 7) is 2.93. The zero-order valence-electron chi connectivity index (χ0n) is 12.5. The predicted molar refractivity (Wildman–Crippen MR) is 86.4 cm³/mol. The fourth-order valence-electron chi connectivity index (χ4n) is 2.80. The third-order valence-corrected chi connectivity index (χ3v) is 3.85. The molecule has 110 valence electrons. The van der Waals surface area contributed by atoms with Crippen molar-refractivity contribution in [3.8, 4) is 0 Å². The Hall–Kier alpha value is -2.30. The second-order valence-corrected chi connectivity index (χ2v) is 5.25. The van der Waals surface area contributed by atoms with E-state index in [-0.39, 0.29) is 5.69 Å². The van der Waals surface area contributed by atoms with Crippen LogP contribution in [-0.4, -0.2) is 21.5 Å². The maximum Gasteiger partial charge on any atom is 0.333 e. The Morgan fingerprint density at radius 2 is 2.00 bits per heavy atom. The van der Waals surface area contributed by atoms with Crippen molar-refractivity contribution in [2.24, 2.45) is 12.0 Å². The van der Waals surface area contributed by atoms with Crippen LogP contribution in [0.4, 0.5) is 0 Å². The third-order valence-electron chi connectivity index (χ3n) is 3.85. The standard InChI is InChI=1S/C16H20N4O/c1-3-17-15-10-6-7-12(11-18-15)20-14-9-5-4-8-13(14)19(2)16(20)21/h4-5,8-9,11H,3,6-7,10H2,1-2H3,(H,17,18). The van der Waals surface area contributed by atoms with E-state index in [1.165, 1.54) is 0 Å². The van der Waals surface area contributed by atoms with Gasteiger partial charge in [-0.3, -0.25) is 9.13 Å². The molecule has 0 aliphatic carbocycles. The van der Waals surface area contributed by atoms with Crippen LogP contribution in [0.1, 0.15) is 26.2 Å². The van der Waals surface area contributed by atoms with Gasteiger partial charge < -0.3 is 5.32 Å². The first kappa shape index (κ1) is 13.7. The van der Waals surface area contributed by atoms with Crippen LogP contribution in [0, 0.1) is 0 Å². The summed E-state index contributed by atoms with van der Waals surface area (Å²) in [7, 11) is 1.81. The van der Waals surface area contributed by atoms with Crippen LogP contribution < -0.4 is 11.0 Å². The van der Waals surface area contributed by atoms with Gasteiger partial charge in [0.05, 0.1) is 11.0 Å². The zero-order valence-corrected chi connectivity index (χ0v) is 12.5. The minimum absolute atomic E-state index is 0.00968. The van der Waals surface area contributed by atoms with Gasteiger partial charge in [-0.1, -0.05) is 12.1 Å². The molecular weight excluding hydrogens is 264 g/mol. The normalized spacial score (nSPS) is 15.5. The molecule has 1 N–H and O–H groups in total. The number of rotatable bonds is 2. The Balaban J connectivity index is 2.12. The lowest BCUT2D eigenvalue weighted by atomic mass is 10.2. The molecule has 5 heteroatoms. The van der Waals surface area contributed by atoms with Gasteiger partial charge in [0.25, 0.3) is 0 Å². The molecule has 0 bridgehead atoms. The Morgan fingerprint density at radius 1 is 1.24 bits per heavy atom. The largest absolute Gasteiger partial charge is 0.374 e. The topological polar surface area (TPSA) is 51.3 Å². The summed E-state index contributed by atoms with van der Waals surface area (Å²) >= 11 is 0. The van der Waals surface area contributed by atoms with E-state index in [9.17, 15) is 4.79 Å². The monoisotopic (exact) mass is 284 g/mol. The molecular formula is C16H20N4O. The maximum absolute atomic E-state index is 12.5. The van der Waals surface area contributed by atoms with Crippen molar-refractivity contribution in [2.75, 3.05) is 6.54 Å². The molecule has 0 radical (unpaired) electrons. The highest BCUT2D eigenvalue weighted by molar-refractivity contribution is 5.85. The van der Waals surface area contributed by atoms with Gasteiger partial charge in [0.2, 0.25) is 0 Å². The summed E-state index contributed by atoms with van der Waals surface area (Å²) in [6.07, 6.45) is 4.60. The SMILES string of the molecule is CCNC1=NC=C(n2c(=O)n(C)c3ccccc32)CCC1. The van der Waals surface area contributed by atoms with Gasteiger partial charge in [-0.2, -0.15) is 0 Å². The number of hydrogen-bond acceptors (Lipinski definition) is 3. The molecule has 1 aromatic carbocycles. The third kappa shape index (κ3) is 2.39. The first-order valence-electron chi connectivity index (χ1n) is 7.38. The number of nitrogens with zero attached hydrogens (tertiary/aromatic N) is 3. The first-order chi connectivity index (χ1) is 10.2. The number of fused-ring (bicyclic) bond motifs is 1. The van der Waals surface area contributed by atoms with Gasteiger partial charge in [-0.05, 0) is 31.9 Å². The fraction of sp³-hybridized carbons (Fsp3) is 0.375. The van der Waals surface area contributed by atoms with Crippen molar-refractivity contribution in [1.29, 1.82) is 0 Å². The summed E-state index contributed by atoms with van der Waals surface area (Å²) < 4.78 is 3.48. The molecule has 2 heterocycles. The van der Waals surface area contributed by atoms with Gasteiger partial charge in [0, 0.05) is 31.9 Å². The molecule has 1 aliphatic heterocycles. The number of aliphatic imine (C=N–C) groups is 1. The van der Waals surface area contributed by atoms with Crippen LogP contribution in [0.3, 0.4) is 0 Å². The maximum atomic E-state index is 12.5. The average molecular weight is 284 g/mol. The molecule has 3 rings (SSSR count). The number of amidine groups is 1. The molecule has 21 heavy (non-hydrogen) atoms. The quantitative estimate of drug-likeness (QED) is 0.920. The Labute approximate surface area is 123 Å². The fourth-order valence-corrected chi connectivity index (χ4v) is 2.80. The van der Waals surface area contributed by atoms with Crippen LogP contribution in [0.2, 0.25) is 0 Å². The van der Waals surface area contributed by atoms with E-state index in [1.807, 2.05) is 37.5 Å². The summed E-state index contributed by atoms with van der Waals surface area (Å²) in [5.41, 5.74) is 2.84. The molecule has 0 unspecified atom stereocenters. The van der Waals surface area contributed by atoms with E-state index in [1.54, 1.807) is 9.13 Å². The number of imidazole rings is 1. The van der Waals surface area contributed by atoms with Gasteiger partial charge in [-0.25, -0.2) is 9.79 Å². The molecule has 0 amide bonds. The van der Waals surface area contributed by atoms with Crippen molar-refractivity contribution in [3.63, 3.8) is 0 Å². The molecule has 0 saturated carbocycles. The second kappa shape index (κ2) is 5.60. The van der Waals surface area contributed by atoms with E-state index < -0.39 is 0 Å². The van der Waals surface area contributed by atoms with Gasteiger partial charge >= 0.3 is 5.69 Å². The van der Waals surface area contributed by atoms with E-state index in [2.05, 4.69) is 17.2 Å². The minimum atomic E-state index is -0.00968. The summed E-state index contributed by atoms with van der Waals surface area (Å²) in [5, 5.41) is 3.27. The highest BCUT2D eigenvalue weighted by atomic mass is 16.1. The van der Waals surface area contributed by atoms with Crippen LogP contribution in [0.15, 0.2) is 40.3 Å². The van der Waals surface area contributed by atoms with E-state index in [4.69, 9.17) is 0 Å². The number of hydrogen-bond donors (Lipinski definition) is 1. The van der Waals surface area contributed by atoms with Crippen molar-refractivity contribution in [2.45, 2.75) is 26.2 Å². The Bertz CT molecular complexity index is 775. The summed E-state index contributed by atoms with van der Waals surface area (Å²) in [6, 6.07) is 7.87. The molecule has 0 fully saturated rings.